The zero-order valence-electron chi connectivity index (χ0n) is 10.5. The Morgan fingerprint density at radius 2 is 2.14 bits per heavy atom. The minimum Gasteiger partial charge on any atom is -0.379 e. The minimum absolute atomic E-state index is 0.113. The van der Waals surface area contributed by atoms with Gasteiger partial charge in [0.1, 0.15) is 5.02 Å². The van der Waals surface area contributed by atoms with Crippen LogP contribution in [-0.2, 0) is 0 Å². The summed E-state index contributed by atoms with van der Waals surface area (Å²) in [7, 11) is 0. The lowest BCUT2D eigenvalue weighted by Gasteiger charge is -2.01. The second-order valence-corrected chi connectivity index (χ2v) is 4.59. The first kappa shape index (κ1) is 15.7. The number of nitro benzene ring substituents is 1. The van der Waals surface area contributed by atoms with E-state index in [9.17, 15) is 14.9 Å². The molecule has 1 heterocycles. The summed E-state index contributed by atoms with van der Waals surface area (Å²) < 4.78 is 4.26. The first-order chi connectivity index (χ1) is 10.4. The number of hydrogen-bond donors (Lipinski definition) is 2. The number of nitrogens with zero attached hydrogens (tertiary/aromatic N) is 4. The topological polar surface area (TPSA) is 150 Å². The quantitative estimate of drug-likeness (QED) is 0.486. The first-order valence-electron chi connectivity index (χ1n) is 5.45. The van der Waals surface area contributed by atoms with Crippen molar-refractivity contribution in [2.24, 2.45) is 5.10 Å². The number of amides is 1. The molecule has 1 aromatic carbocycles. The van der Waals surface area contributed by atoms with Crippen molar-refractivity contribution in [1.82, 2.24) is 15.7 Å². The largest absolute Gasteiger partial charge is 0.379 e. The predicted octanol–water partition coefficient (Wildman–Crippen LogP) is 1.63. The van der Waals surface area contributed by atoms with Crippen molar-refractivity contribution in [3.05, 3.63) is 43.5 Å². The summed E-state index contributed by atoms with van der Waals surface area (Å²) >= 11 is 11.6. The van der Waals surface area contributed by atoms with Crippen molar-refractivity contribution in [3.8, 4) is 0 Å². The lowest BCUT2D eigenvalue weighted by atomic mass is 10.2. The van der Waals surface area contributed by atoms with Gasteiger partial charge in [-0.15, -0.1) is 0 Å². The molecule has 114 valence electrons. The van der Waals surface area contributed by atoms with Crippen molar-refractivity contribution in [2.75, 3.05) is 5.73 Å². The molecule has 0 aliphatic rings. The Bertz CT molecular complexity index is 775. The Kier molecular flexibility index (Phi) is 4.53. The van der Waals surface area contributed by atoms with Gasteiger partial charge in [-0.3, -0.25) is 14.9 Å². The third-order valence-corrected chi connectivity index (χ3v) is 2.99. The number of nitrogens with two attached hydrogens (primary N) is 1. The Labute approximate surface area is 132 Å². The second kappa shape index (κ2) is 6.37. The number of hydrazone groups is 1. The van der Waals surface area contributed by atoms with E-state index in [4.69, 9.17) is 28.9 Å². The monoisotopic (exact) mass is 344 g/mol. The number of nitrogens with one attached hydrogen (secondary N) is 1. The average molecular weight is 345 g/mol. The maximum absolute atomic E-state index is 11.6. The summed E-state index contributed by atoms with van der Waals surface area (Å²) in [5, 5.41) is 20.9. The molecule has 0 radical (unpaired) electrons. The second-order valence-electron chi connectivity index (χ2n) is 3.78. The zero-order valence-corrected chi connectivity index (χ0v) is 12.0. The van der Waals surface area contributed by atoms with E-state index in [-0.39, 0.29) is 32.8 Å². The number of benzene rings is 1. The van der Waals surface area contributed by atoms with Gasteiger partial charge in [-0.2, -0.15) is 5.10 Å². The number of halogens is 2. The molecule has 10 nitrogen and oxygen atoms in total. The number of nitrogen functional groups attached to an aromatic ring is 1. The van der Waals surface area contributed by atoms with Crippen LogP contribution in [0.5, 0.6) is 0 Å². The minimum atomic E-state index is -0.769. The highest BCUT2D eigenvalue weighted by atomic mass is 35.5. The molecule has 0 saturated heterocycles. The van der Waals surface area contributed by atoms with Gasteiger partial charge >= 0.3 is 0 Å². The highest BCUT2D eigenvalue weighted by molar-refractivity contribution is 6.37. The van der Waals surface area contributed by atoms with Crippen LogP contribution in [0, 0.1) is 10.1 Å². The molecule has 12 heteroatoms. The molecule has 0 fully saturated rings. The fourth-order valence-electron chi connectivity index (χ4n) is 1.36. The van der Waals surface area contributed by atoms with Gasteiger partial charge in [-0.1, -0.05) is 23.2 Å². The smallest absolute Gasteiger partial charge is 0.297 e. The molecule has 2 rings (SSSR count). The number of nitro groups is 1. The van der Waals surface area contributed by atoms with Crippen molar-refractivity contribution < 1.29 is 14.3 Å². The number of carbonyl (C=O) groups excluding carboxylic acids is 1. The molecule has 0 aliphatic heterocycles. The number of hydrogen-bond acceptors (Lipinski definition) is 8. The van der Waals surface area contributed by atoms with Crippen molar-refractivity contribution in [2.45, 2.75) is 0 Å². The molecular weight excluding hydrogens is 339 g/mol. The Morgan fingerprint density at radius 1 is 1.41 bits per heavy atom. The van der Waals surface area contributed by atoms with Crippen LogP contribution in [0.15, 0.2) is 21.9 Å². The summed E-state index contributed by atoms with van der Waals surface area (Å²) in [6.07, 6.45) is 1.10. The summed E-state index contributed by atoms with van der Waals surface area (Å²) in [6, 6.07) is 2.32. The Hall–Kier alpha value is -2.72. The van der Waals surface area contributed by atoms with Crippen LogP contribution in [0.2, 0.25) is 10.0 Å². The summed E-state index contributed by atoms with van der Waals surface area (Å²) in [5.41, 5.74) is 7.01. The SMILES string of the molecule is Nc1nonc1C(=O)NN=Cc1cc([N+](=O)[O-])c(Cl)cc1Cl. The fourth-order valence-corrected chi connectivity index (χ4v) is 1.86. The van der Waals surface area contributed by atoms with Crippen LogP contribution in [0.4, 0.5) is 11.5 Å². The zero-order chi connectivity index (χ0) is 16.3. The van der Waals surface area contributed by atoms with E-state index in [2.05, 4.69) is 25.5 Å². The van der Waals surface area contributed by atoms with Gasteiger partial charge in [0.05, 0.1) is 16.2 Å². The van der Waals surface area contributed by atoms with Crippen LogP contribution in [-0.4, -0.2) is 27.4 Å². The van der Waals surface area contributed by atoms with Crippen molar-refractivity contribution in [3.63, 3.8) is 0 Å². The molecular formula is C10H6Cl2N6O4. The molecule has 0 aliphatic carbocycles. The van der Waals surface area contributed by atoms with Crippen LogP contribution in [0.1, 0.15) is 16.1 Å². The van der Waals surface area contributed by atoms with Gasteiger partial charge in [0.15, 0.2) is 0 Å². The Balaban J connectivity index is 2.17. The summed E-state index contributed by atoms with van der Waals surface area (Å²) in [6.45, 7) is 0. The van der Waals surface area contributed by atoms with Gasteiger partial charge in [0.2, 0.25) is 11.5 Å². The lowest BCUT2D eigenvalue weighted by Crippen LogP contribution is -2.19. The van der Waals surface area contributed by atoms with E-state index in [0.717, 1.165) is 12.3 Å². The molecule has 1 aromatic heterocycles. The first-order valence-corrected chi connectivity index (χ1v) is 6.20. The van der Waals surface area contributed by atoms with E-state index in [1.807, 2.05) is 0 Å². The van der Waals surface area contributed by atoms with E-state index in [0.29, 0.717) is 0 Å². The average Bonchev–Trinajstić information content (AvgIpc) is 2.86. The molecule has 2 aromatic rings. The van der Waals surface area contributed by atoms with Gasteiger partial charge in [0.25, 0.3) is 11.6 Å². The summed E-state index contributed by atoms with van der Waals surface area (Å²) in [5.74, 6) is -0.970. The van der Waals surface area contributed by atoms with Crippen molar-refractivity contribution >= 4 is 46.8 Å². The summed E-state index contributed by atoms with van der Waals surface area (Å²) in [4.78, 5) is 21.7. The molecule has 0 saturated carbocycles. The van der Waals surface area contributed by atoms with Crippen LogP contribution >= 0.6 is 23.2 Å². The third-order valence-electron chi connectivity index (χ3n) is 2.36. The number of rotatable bonds is 4. The highest BCUT2D eigenvalue weighted by Crippen LogP contribution is 2.29. The number of anilines is 1. The maximum Gasteiger partial charge on any atom is 0.297 e. The predicted molar refractivity (Wildman–Crippen MR) is 76.9 cm³/mol. The molecule has 0 unspecified atom stereocenters. The molecule has 0 bridgehead atoms. The van der Waals surface area contributed by atoms with Gasteiger partial charge in [-0.25, -0.2) is 10.1 Å². The number of carbonyl (C=O) groups is 1. The van der Waals surface area contributed by atoms with Gasteiger partial charge < -0.3 is 5.73 Å². The Morgan fingerprint density at radius 3 is 2.73 bits per heavy atom. The molecule has 0 spiro atoms. The van der Waals surface area contributed by atoms with E-state index in [1.54, 1.807) is 0 Å². The van der Waals surface area contributed by atoms with E-state index in [1.165, 1.54) is 6.07 Å². The molecule has 22 heavy (non-hydrogen) atoms. The van der Waals surface area contributed by atoms with Crippen LogP contribution < -0.4 is 11.2 Å². The third kappa shape index (κ3) is 3.30. The lowest BCUT2D eigenvalue weighted by molar-refractivity contribution is -0.384. The molecule has 0 atom stereocenters. The van der Waals surface area contributed by atoms with Gasteiger partial charge in [-0.05, 0) is 16.4 Å². The number of aromatic nitrogens is 2. The maximum atomic E-state index is 11.6. The fraction of sp³-hybridized carbons (Fsp3) is 0. The van der Waals surface area contributed by atoms with Gasteiger partial charge in [0, 0.05) is 11.6 Å². The van der Waals surface area contributed by atoms with Crippen LogP contribution in [0.25, 0.3) is 0 Å². The molecule has 3 N–H and O–H groups in total. The normalized spacial score (nSPS) is 10.8. The molecule has 1 amide bonds. The standard InChI is InChI=1S/C10H6Cl2N6O4/c11-5-2-6(12)7(18(20)21)1-4(5)3-14-15-10(19)8-9(13)17-22-16-8/h1-3H,(H2,13,17)(H,15,19). The van der Waals surface area contributed by atoms with E-state index < -0.39 is 10.8 Å². The van der Waals surface area contributed by atoms with Crippen LogP contribution in [0.3, 0.4) is 0 Å². The van der Waals surface area contributed by atoms with E-state index >= 15 is 0 Å². The van der Waals surface area contributed by atoms with Crippen molar-refractivity contribution in [1.29, 1.82) is 0 Å². The highest BCUT2D eigenvalue weighted by Gasteiger charge is 2.16.